The molecule has 0 unspecified atom stereocenters. The van der Waals surface area contributed by atoms with Crippen LogP contribution >= 0.6 is 11.8 Å². The van der Waals surface area contributed by atoms with Crippen LogP contribution in [-0.4, -0.2) is 21.8 Å². The molecule has 2 N–H and O–H groups in total. The first-order chi connectivity index (χ1) is 9.54. The van der Waals surface area contributed by atoms with Crippen molar-refractivity contribution in [2.45, 2.75) is 36.5 Å². The molecule has 1 aromatic heterocycles. The highest BCUT2D eigenvalue weighted by molar-refractivity contribution is 7.99. The molecule has 5 nitrogen and oxygen atoms in total. The molecule has 7 heteroatoms. The molecule has 0 saturated carbocycles. The molecule has 1 aromatic carbocycles. The van der Waals surface area contributed by atoms with Gasteiger partial charge in [-0.15, -0.1) is 5.10 Å². The van der Waals surface area contributed by atoms with Gasteiger partial charge in [0.05, 0.1) is 0 Å². The standard InChI is InChI=1S/C13H17FN4OS/c1-8(2)18-12(19)16-17-13(18)20-11-6-4-5-10(14)9(11)7-15-3/h4-6,8,15H,7H2,1-3H3,(H,16,19). The first-order valence-corrected chi connectivity index (χ1v) is 7.13. The highest BCUT2D eigenvalue weighted by atomic mass is 32.2. The van der Waals surface area contributed by atoms with Crippen LogP contribution in [0.25, 0.3) is 0 Å². The quantitative estimate of drug-likeness (QED) is 0.887. The summed E-state index contributed by atoms with van der Waals surface area (Å²) in [5, 5.41) is 9.92. The minimum Gasteiger partial charge on any atom is -0.316 e. The average molecular weight is 296 g/mol. The highest BCUT2D eigenvalue weighted by Gasteiger charge is 2.15. The Hall–Kier alpha value is -1.60. The predicted molar refractivity (Wildman–Crippen MR) is 76.5 cm³/mol. The lowest BCUT2D eigenvalue weighted by Gasteiger charge is -2.11. The number of aromatic amines is 1. The Bertz CT molecular complexity index is 650. The molecule has 0 aliphatic heterocycles. The van der Waals surface area contributed by atoms with Gasteiger partial charge in [-0.1, -0.05) is 6.07 Å². The summed E-state index contributed by atoms with van der Waals surface area (Å²) in [6, 6.07) is 4.90. The number of hydrogen-bond donors (Lipinski definition) is 2. The highest BCUT2D eigenvalue weighted by Crippen LogP contribution is 2.30. The number of rotatable bonds is 5. The SMILES string of the molecule is CNCc1c(F)cccc1Sc1n[nH]c(=O)n1C(C)C. The number of nitrogens with one attached hydrogen (secondary N) is 2. The molecule has 0 amide bonds. The molecule has 0 aliphatic rings. The third-order valence-electron chi connectivity index (χ3n) is 2.82. The lowest BCUT2D eigenvalue weighted by atomic mass is 10.2. The van der Waals surface area contributed by atoms with E-state index in [0.29, 0.717) is 17.3 Å². The molecular weight excluding hydrogens is 279 g/mol. The van der Waals surface area contributed by atoms with E-state index in [4.69, 9.17) is 0 Å². The Morgan fingerprint density at radius 2 is 2.25 bits per heavy atom. The van der Waals surface area contributed by atoms with Crippen molar-refractivity contribution < 1.29 is 4.39 Å². The van der Waals surface area contributed by atoms with Gasteiger partial charge in [-0.3, -0.25) is 4.57 Å². The van der Waals surface area contributed by atoms with E-state index < -0.39 is 0 Å². The summed E-state index contributed by atoms with van der Waals surface area (Å²) in [6.07, 6.45) is 0. The topological polar surface area (TPSA) is 62.7 Å². The van der Waals surface area contributed by atoms with Crippen LogP contribution in [-0.2, 0) is 6.54 Å². The van der Waals surface area contributed by atoms with E-state index in [1.54, 1.807) is 17.7 Å². The first-order valence-electron chi connectivity index (χ1n) is 6.31. The molecule has 0 fully saturated rings. The smallest absolute Gasteiger partial charge is 0.316 e. The van der Waals surface area contributed by atoms with Crippen molar-refractivity contribution >= 4 is 11.8 Å². The van der Waals surface area contributed by atoms with Crippen LogP contribution in [0.2, 0.25) is 0 Å². The van der Waals surface area contributed by atoms with Gasteiger partial charge < -0.3 is 5.32 Å². The zero-order chi connectivity index (χ0) is 14.7. The largest absolute Gasteiger partial charge is 0.344 e. The predicted octanol–water partition coefficient (Wildman–Crippen LogP) is 2.16. The van der Waals surface area contributed by atoms with Gasteiger partial charge in [-0.25, -0.2) is 14.3 Å². The number of halogens is 1. The van der Waals surface area contributed by atoms with Crippen molar-refractivity contribution in [3.63, 3.8) is 0 Å². The summed E-state index contributed by atoms with van der Waals surface area (Å²) in [7, 11) is 1.76. The fraction of sp³-hybridized carbons (Fsp3) is 0.385. The van der Waals surface area contributed by atoms with Gasteiger partial charge in [0.2, 0.25) is 0 Å². The van der Waals surface area contributed by atoms with E-state index in [2.05, 4.69) is 15.5 Å². The lowest BCUT2D eigenvalue weighted by Crippen LogP contribution is -2.19. The maximum atomic E-state index is 13.9. The summed E-state index contributed by atoms with van der Waals surface area (Å²) < 4.78 is 15.4. The summed E-state index contributed by atoms with van der Waals surface area (Å²) in [5.41, 5.74) is 0.319. The molecule has 2 rings (SSSR count). The van der Waals surface area contributed by atoms with Crippen LogP contribution in [0.5, 0.6) is 0 Å². The zero-order valence-corrected chi connectivity index (χ0v) is 12.4. The molecule has 0 bridgehead atoms. The second-order valence-corrected chi connectivity index (χ2v) is 5.63. The molecule has 0 aliphatic carbocycles. The normalized spacial score (nSPS) is 11.2. The van der Waals surface area contributed by atoms with Crippen molar-refractivity contribution in [1.82, 2.24) is 20.1 Å². The summed E-state index contributed by atoms with van der Waals surface area (Å²) in [5.74, 6) is -0.265. The first kappa shape index (κ1) is 14.8. The van der Waals surface area contributed by atoms with Crippen LogP contribution in [0, 0.1) is 5.82 Å². The van der Waals surface area contributed by atoms with Crippen molar-refractivity contribution in [2.24, 2.45) is 0 Å². The number of aromatic nitrogens is 3. The van der Waals surface area contributed by atoms with Gasteiger partial charge in [-0.05, 0) is 44.8 Å². The summed E-state index contributed by atoms with van der Waals surface area (Å²) in [6.45, 7) is 4.23. The molecule has 108 valence electrons. The summed E-state index contributed by atoms with van der Waals surface area (Å²) in [4.78, 5) is 12.4. The van der Waals surface area contributed by atoms with Gasteiger partial charge in [0.1, 0.15) is 5.82 Å². The number of hydrogen-bond acceptors (Lipinski definition) is 4. The molecule has 0 atom stereocenters. The Morgan fingerprint density at radius 3 is 2.90 bits per heavy atom. The Labute approximate surface area is 120 Å². The Balaban J connectivity index is 2.40. The van der Waals surface area contributed by atoms with Crippen molar-refractivity contribution in [3.8, 4) is 0 Å². The molecule has 20 heavy (non-hydrogen) atoms. The van der Waals surface area contributed by atoms with E-state index in [9.17, 15) is 9.18 Å². The maximum absolute atomic E-state index is 13.9. The van der Waals surface area contributed by atoms with Crippen molar-refractivity contribution in [2.75, 3.05) is 7.05 Å². The second-order valence-electron chi connectivity index (χ2n) is 4.62. The fourth-order valence-corrected chi connectivity index (χ4v) is 3.02. The van der Waals surface area contributed by atoms with Crippen LogP contribution < -0.4 is 11.0 Å². The van der Waals surface area contributed by atoms with Gasteiger partial charge in [-0.2, -0.15) is 0 Å². The Morgan fingerprint density at radius 1 is 1.50 bits per heavy atom. The number of H-pyrrole nitrogens is 1. The number of benzene rings is 1. The third kappa shape index (κ3) is 2.94. The average Bonchev–Trinajstić information content (AvgIpc) is 2.75. The van der Waals surface area contributed by atoms with Crippen LogP contribution in [0.1, 0.15) is 25.5 Å². The number of nitrogens with zero attached hydrogens (tertiary/aromatic N) is 2. The van der Waals surface area contributed by atoms with Crippen LogP contribution in [0.15, 0.2) is 33.0 Å². The van der Waals surface area contributed by atoms with E-state index >= 15 is 0 Å². The summed E-state index contributed by atoms with van der Waals surface area (Å²) >= 11 is 1.28. The molecule has 0 radical (unpaired) electrons. The van der Waals surface area contributed by atoms with Gasteiger partial charge in [0.25, 0.3) is 0 Å². The van der Waals surface area contributed by atoms with Crippen LogP contribution in [0.3, 0.4) is 0 Å². The molecule has 0 spiro atoms. The van der Waals surface area contributed by atoms with Crippen molar-refractivity contribution in [3.05, 3.63) is 40.1 Å². The molecular formula is C13H17FN4OS. The van der Waals surface area contributed by atoms with E-state index in [1.165, 1.54) is 17.8 Å². The van der Waals surface area contributed by atoms with Gasteiger partial charge in [0.15, 0.2) is 5.16 Å². The third-order valence-corrected chi connectivity index (χ3v) is 3.89. The minimum atomic E-state index is -0.265. The van der Waals surface area contributed by atoms with E-state index in [-0.39, 0.29) is 17.5 Å². The second kappa shape index (κ2) is 6.23. The molecule has 0 saturated heterocycles. The monoisotopic (exact) mass is 296 g/mol. The van der Waals surface area contributed by atoms with Gasteiger partial charge in [0, 0.05) is 23.0 Å². The van der Waals surface area contributed by atoms with E-state index in [1.807, 2.05) is 19.9 Å². The van der Waals surface area contributed by atoms with Crippen LogP contribution in [0.4, 0.5) is 4.39 Å². The Kier molecular flexibility index (Phi) is 4.61. The fourth-order valence-electron chi connectivity index (χ4n) is 1.90. The maximum Gasteiger partial charge on any atom is 0.344 e. The lowest BCUT2D eigenvalue weighted by molar-refractivity contribution is 0.533. The van der Waals surface area contributed by atoms with E-state index in [0.717, 1.165) is 4.90 Å². The van der Waals surface area contributed by atoms with Crippen molar-refractivity contribution in [1.29, 1.82) is 0 Å². The zero-order valence-electron chi connectivity index (χ0n) is 11.6. The molecule has 1 heterocycles. The molecule has 2 aromatic rings. The minimum absolute atomic E-state index is 0.00920. The van der Waals surface area contributed by atoms with Gasteiger partial charge >= 0.3 is 5.69 Å².